The van der Waals surface area contributed by atoms with Crippen LogP contribution >= 0.6 is 0 Å². The average Bonchev–Trinajstić information content (AvgIpc) is 2.78. The van der Waals surface area contributed by atoms with E-state index in [4.69, 9.17) is 0 Å². The molecule has 3 fully saturated rings. The fourth-order valence-corrected chi connectivity index (χ4v) is 5.10. The van der Waals surface area contributed by atoms with E-state index in [1.165, 1.54) is 0 Å². The van der Waals surface area contributed by atoms with E-state index in [0.717, 1.165) is 64.6 Å². The number of carbonyl (C=O) groups excluding carboxylic acids is 2. The summed E-state index contributed by atoms with van der Waals surface area (Å²) in [5, 5.41) is 8.31. The molecule has 1 saturated carbocycles. The van der Waals surface area contributed by atoms with Gasteiger partial charge in [0.05, 0.1) is 11.9 Å². The minimum absolute atomic E-state index is 0.0777. The molecule has 1 aromatic rings. The summed E-state index contributed by atoms with van der Waals surface area (Å²) in [7, 11) is 1.59. The van der Waals surface area contributed by atoms with Gasteiger partial charge in [0.25, 0.3) is 11.8 Å². The number of pyridine rings is 1. The number of aromatic nitrogens is 1. The molecule has 4 rings (SSSR count). The van der Waals surface area contributed by atoms with Gasteiger partial charge in [-0.2, -0.15) is 0 Å². The van der Waals surface area contributed by atoms with Crippen molar-refractivity contribution in [1.29, 1.82) is 0 Å². The molecule has 3 N–H and O–H groups in total. The van der Waals surface area contributed by atoms with Crippen LogP contribution in [-0.4, -0.2) is 85.5 Å². The second kappa shape index (κ2) is 9.27. The predicted octanol–water partition coefficient (Wildman–Crippen LogP) is 0.844. The second-order valence-electron chi connectivity index (χ2n) is 9.23. The monoisotopic (exact) mass is 450 g/mol. The van der Waals surface area contributed by atoms with Gasteiger partial charge in [0, 0.05) is 58.8 Å². The minimum Gasteiger partial charge on any atom is -0.368 e. The molecule has 2 amide bonds. The molecule has 8 nitrogen and oxygen atoms in total. The van der Waals surface area contributed by atoms with Gasteiger partial charge in [-0.05, 0) is 37.3 Å². The smallest absolute Gasteiger partial charge is 0.269 e. The number of hydrogen-bond donors (Lipinski definition) is 3. The van der Waals surface area contributed by atoms with Crippen molar-refractivity contribution in [2.45, 2.75) is 50.2 Å². The lowest BCUT2D eigenvalue weighted by molar-refractivity contribution is -0.138. The molecule has 0 spiro atoms. The van der Waals surface area contributed by atoms with Crippen LogP contribution in [0, 0.1) is 5.92 Å². The van der Waals surface area contributed by atoms with E-state index in [-0.39, 0.29) is 18.0 Å². The maximum Gasteiger partial charge on any atom is 0.269 e. The Kier molecular flexibility index (Phi) is 6.62. The Labute approximate surface area is 187 Å². The summed E-state index contributed by atoms with van der Waals surface area (Å²) in [5.74, 6) is -3.41. The summed E-state index contributed by atoms with van der Waals surface area (Å²) in [6.45, 7) is 5.36. The summed E-state index contributed by atoms with van der Waals surface area (Å²) >= 11 is 0. The van der Waals surface area contributed by atoms with Gasteiger partial charge in [-0.1, -0.05) is 0 Å². The summed E-state index contributed by atoms with van der Waals surface area (Å²) in [6, 6.07) is 2.08. The van der Waals surface area contributed by atoms with Gasteiger partial charge < -0.3 is 15.5 Å². The van der Waals surface area contributed by atoms with E-state index in [1.807, 2.05) is 6.07 Å². The molecule has 2 aliphatic heterocycles. The normalized spacial score (nSPS) is 29.2. The lowest BCUT2D eigenvalue weighted by atomic mass is 9.80. The third-order valence-corrected chi connectivity index (χ3v) is 6.90. The number of piperazine rings is 2. The molecule has 0 radical (unpaired) electrons. The van der Waals surface area contributed by atoms with E-state index in [9.17, 15) is 18.4 Å². The zero-order valence-electron chi connectivity index (χ0n) is 18.6. The zero-order valence-corrected chi connectivity index (χ0v) is 18.6. The minimum atomic E-state index is -3.07. The van der Waals surface area contributed by atoms with E-state index >= 15 is 0 Å². The number of hydrogen-bond acceptors (Lipinski definition) is 6. The molecule has 1 aromatic heterocycles. The van der Waals surface area contributed by atoms with Crippen LogP contribution in [0.2, 0.25) is 0 Å². The van der Waals surface area contributed by atoms with E-state index in [1.54, 1.807) is 19.3 Å². The molecule has 1 aliphatic carbocycles. The van der Waals surface area contributed by atoms with Crippen LogP contribution in [0.3, 0.4) is 0 Å². The van der Waals surface area contributed by atoms with Gasteiger partial charge in [0.1, 0.15) is 5.69 Å². The van der Waals surface area contributed by atoms with Gasteiger partial charge in [-0.25, -0.2) is 13.8 Å². The molecule has 2 saturated heterocycles. The Hall–Kier alpha value is -2.33. The van der Waals surface area contributed by atoms with Gasteiger partial charge in [-0.3, -0.25) is 19.8 Å². The lowest BCUT2D eigenvalue weighted by Crippen LogP contribution is -2.69. The summed E-state index contributed by atoms with van der Waals surface area (Å²) < 4.78 is 27.3. The molecule has 0 aromatic carbocycles. The third-order valence-electron chi connectivity index (χ3n) is 6.90. The van der Waals surface area contributed by atoms with Crippen LogP contribution in [0.5, 0.6) is 0 Å². The first-order valence-corrected chi connectivity index (χ1v) is 11.3. The maximum absolute atomic E-state index is 13.7. The molecule has 3 aliphatic rings. The Balaban J connectivity index is 1.25. The molecule has 4 atom stereocenters. The Morgan fingerprint density at radius 2 is 1.97 bits per heavy atom. The molecule has 0 bridgehead atoms. The van der Waals surface area contributed by atoms with E-state index in [0.29, 0.717) is 11.6 Å². The summed E-state index contributed by atoms with van der Waals surface area (Å²) in [5.41, 5.74) is 1.42. The molecule has 32 heavy (non-hydrogen) atoms. The average molecular weight is 451 g/mol. The van der Waals surface area contributed by atoms with Crippen LogP contribution in [0.4, 0.5) is 14.5 Å². The Bertz CT molecular complexity index is 823. The van der Waals surface area contributed by atoms with Crippen LogP contribution in [-0.2, 0) is 4.79 Å². The molecule has 176 valence electrons. The van der Waals surface area contributed by atoms with Crippen molar-refractivity contribution in [2.24, 2.45) is 5.92 Å². The van der Waals surface area contributed by atoms with Gasteiger partial charge in [0.15, 0.2) is 6.04 Å². The van der Waals surface area contributed by atoms with Crippen molar-refractivity contribution < 1.29 is 18.4 Å². The molecular formula is C22H32F2N6O2. The summed E-state index contributed by atoms with van der Waals surface area (Å²) in [6.07, 6.45) is 4.33. The van der Waals surface area contributed by atoms with Crippen LogP contribution in [0.15, 0.2) is 18.3 Å². The van der Waals surface area contributed by atoms with Crippen LogP contribution in [0.25, 0.3) is 0 Å². The number of nitrogens with one attached hydrogen (secondary N) is 3. The first-order chi connectivity index (χ1) is 15.2. The molecule has 4 unspecified atom stereocenters. The van der Waals surface area contributed by atoms with Crippen molar-refractivity contribution in [3.05, 3.63) is 24.0 Å². The van der Waals surface area contributed by atoms with Crippen molar-refractivity contribution in [3.8, 4) is 0 Å². The first kappa shape index (κ1) is 22.8. The van der Waals surface area contributed by atoms with Crippen LogP contribution < -0.4 is 20.9 Å². The highest BCUT2D eigenvalue weighted by Crippen LogP contribution is 2.31. The standard InChI is InChI=1S/C22H32F2N6O2/c1-22(23,24)19-21(32)28-18-11-14(3-5-16(18)27-19)13-29-7-9-30(10-8-29)15-4-6-17(26-12-15)20(31)25-2/h4,6,12,14,16,18-19,27H,3,5,7-11,13H2,1-2H3,(H,25,31)(H,28,32). The fraction of sp³-hybridized carbons (Fsp3) is 0.682. The maximum atomic E-state index is 13.7. The molecule has 3 heterocycles. The van der Waals surface area contributed by atoms with Gasteiger partial charge in [0.2, 0.25) is 5.91 Å². The van der Waals surface area contributed by atoms with Crippen molar-refractivity contribution in [2.75, 3.05) is 44.7 Å². The molecule has 10 heteroatoms. The van der Waals surface area contributed by atoms with Gasteiger partial charge >= 0.3 is 0 Å². The quantitative estimate of drug-likeness (QED) is 0.616. The van der Waals surface area contributed by atoms with Crippen molar-refractivity contribution >= 4 is 17.5 Å². The largest absolute Gasteiger partial charge is 0.368 e. The first-order valence-electron chi connectivity index (χ1n) is 11.3. The molecular weight excluding hydrogens is 418 g/mol. The highest BCUT2D eigenvalue weighted by Gasteiger charge is 2.47. The number of alkyl halides is 2. The van der Waals surface area contributed by atoms with Crippen molar-refractivity contribution in [1.82, 2.24) is 25.8 Å². The zero-order chi connectivity index (χ0) is 22.9. The van der Waals surface area contributed by atoms with Gasteiger partial charge in [-0.15, -0.1) is 0 Å². The summed E-state index contributed by atoms with van der Waals surface area (Å²) in [4.78, 5) is 32.7. The predicted molar refractivity (Wildman–Crippen MR) is 117 cm³/mol. The fourth-order valence-electron chi connectivity index (χ4n) is 5.10. The number of nitrogens with zero attached hydrogens (tertiary/aromatic N) is 3. The second-order valence-corrected chi connectivity index (χ2v) is 9.23. The Morgan fingerprint density at radius 3 is 2.59 bits per heavy atom. The highest BCUT2D eigenvalue weighted by atomic mass is 19.3. The number of carbonyl (C=O) groups is 2. The van der Waals surface area contributed by atoms with Crippen LogP contribution in [0.1, 0.15) is 36.7 Å². The van der Waals surface area contributed by atoms with E-state index < -0.39 is 17.9 Å². The highest BCUT2D eigenvalue weighted by molar-refractivity contribution is 5.92. The lowest BCUT2D eigenvalue weighted by Gasteiger charge is -2.45. The van der Waals surface area contributed by atoms with E-state index in [2.05, 4.69) is 30.7 Å². The SMILES string of the molecule is CNC(=O)c1ccc(N2CCN(CC3CCC4NC(C(C)(F)F)C(=O)NC4C3)CC2)cn1. The number of amides is 2. The third kappa shape index (κ3) is 5.01. The number of anilines is 1. The number of fused-ring (bicyclic) bond motifs is 1. The topological polar surface area (TPSA) is 89.6 Å². The Morgan fingerprint density at radius 1 is 1.22 bits per heavy atom. The number of halogens is 2. The van der Waals surface area contributed by atoms with Crippen molar-refractivity contribution in [3.63, 3.8) is 0 Å². The number of rotatable bonds is 5.